The van der Waals surface area contributed by atoms with E-state index in [4.69, 9.17) is 9.47 Å². The summed E-state index contributed by atoms with van der Waals surface area (Å²) in [6.07, 6.45) is 0.778. The highest BCUT2D eigenvalue weighted by Crippen LogP contribution is 2.34. The van der Waals surface area contributed by atoms with E-state index >= 15 is 0 Å². The van der Waals surface area contributed by atoms with Gasteiger partial charge in [-0.15, -0.1) is 0 Å². The maximum absolute atomic E-state index is 13.2. The van der Waals surface area contributed by atoms with Crippen LogP contribution in [-0.4, -0.2) is 41.4 Å². The van der Waals surface area contributed by atoms with Crippen LogP contribution in [0.15, 0.2) is 78.9 Å². The number of benzene rings is 3. The van der Waals surface area contributed by atoms with Gasteiger partial charge in [0.1, 0.15) is 18.4 Å². The summed E-state index contributed by atoms with van der Waals surface area (Å²) in [4.78, 5) is 27.6. The number of nitrogens with zero attached hydrogens (tertiary/aromatic N) is 1. The highest BCUT2D eigenvalue weighted by Gasteiger charge is 2.54. The first-order valence-corrected chi connectivity index (χ1v) is 13.0. The number of esters is 1. The lowest BCUT2D eigenvalue weighted by molar-refractivity contribution is -0.194. The van der Waals surface area contributed by atoms with E-state index < -0.39 is 24.3 Å². The Morgan fingerprint density at radius 2 is 1.66 bits per heavy atom. The van der Waals surface area contributed by atoms with Gasteiger partial charge in [0.15, 0.2) is 6.35 Å². The normalized spacial score (nSPS) is 18.4. The number of amides is 1. The van der Waals surface area contributed by atoms with Crippen LogP contribution in [0.4, 0.5) is 0 Å². The van der Waals surface area contributed by atoms with Crippen LogP contribution in [0, 0.1) is 12.8 Å². The number of ether oxygens (including phenoxy) is 2. The number of aliphatic hydroxyl groups is 1. The van der Waals surface area contributed by atoms with Crippen molar-refractivity contribution in [3.8, 4) is 5.75 Å². The van der Waals surface area contributed by atoms with Crippen LogP contribution in [-0.2, 0) is 27.4 Å². The maximum atomic E-state index is 13.2. The van der Waals surface area contributed by atoms with Gasteiger partial charge in [0.2, 0.25) is 5.91 Å². The van der Waals surface area contributed by atoms with Crippen LogP contribution >= 0.6 is 0 Å². The number of likely N-dealkylation sites (tertiary alicyclic amines) is 1. The van der Waals surface area contributed by atoms with Gasteiger partial charge >= 0.3 is 5.97 Å². The lowest BCUT2D eigenvalue weighted by atomic mass is 9.83. The molecule has 4 rings (SSSR count). The fourth-order valence-electron chi connectivity index (χ4n) is 4.79. The lowest BCUT2D eigenvalue weighted by Crippen LogP contribution is -2.70. The Labute approximate surface area is 224 Å². The molecule has 3 aromatic rings. The molecule has 0 aromatic heterocycles. The highest BCUT2D eigenvalue weighted by molar-refractivity contribution is 5.97. The van der Waals surface area contributed by atoms with E-state index in [-0.39, 0.29) is 18.6 Å². The number of rotatable bonds is 12. The fourth-order valence-corrected chi connectivity index (χ4v) is 4.79. The summed E-state index contributed by atoms with van der Waals surface area (Å²) in [5.41, 5.74) is 4.16. The number of β-lactam (4-membered cyclic amide) rings is 1. The van der Waals surface area contributed by atoms with E-state index in [1.165, 1.54) is 16.0 Å². The Morgan fingerprint density at radius 1 is 1.00 bits per heavy atom. The zero-order valence-electron chi connectivity index (χ0n) is 22.2. The van der Waals surface area contributed by atoms with E-state index in [9.17, 15) is 14.7 Å². The quantitative estimate of drug-likeness (QED) is 0.209. The van der Waals surface area contributed by atoms with Gasteiger partial charge in [-0.05, 0) is 61.9 Å². The largest absolute Gasteiger partial charge is 0.497 e. The molecule has 4 unspecified atom stereocenters. The summed E-state index contributed by atoms with van der Waals surface area (Å²) < 4.78 is 10.8. The molecule has 200 valence electrons. The molecule has 1 aliphatic heterocycles. The molecule has 3 aromatic carbocycles. The van der Waals surface area contributed by atoms with Gasteiger partial charge in [-0.25, -0.2) is 4.79 Å². The minimum absolute atomic E-state index is 0.0708. The molecule has 0 aliphatic carbocycles. The van der Waals surface area contributed by atoms with Crippen LogP contribution in [0.2, 0.25) is 0 Å². The fraction of sp³-hybridized carbons (Fsp3) is 0.355. The Bertz CT molecular complexity index is 1200. The number of hydrogen-bond donors (Lipinski definition) is 2. The summed E-state index contributed by atoms with van der Waals surface area (Å²) in [5, 5.41) is 14.0. The second-order valence-electron chi connectivity index (χ2n) is 9.80. The van der Waals surface area contributed by atoms with Crippen molar-refractivity contribution in [2.45, 2.75) is 58.2 Å². The molecule has 1 saturated heterocycles. The van der Waals surface area contributed by atoms with Gasteiger partial charge < -0.3 is 14.6 Å². The molecule has 0 radical (unpaired) electrons. The minimum atomic E-state index is -1.32. The van der Waals surface area contributed by atoms with Gasteiger partial charge in [0.25, 0.3) is 0 Å². The second kappa shape index (κ2) is 12.7. The second-order valence-corrected chi connectivity index (χ2v) is 9.80. The molecule has 0 spiro atoms. The molecule has 0 saturated carbocycles. The Kier molecular flexibility index (Phi) is 9.15. The smallest absolute Gasteiger partial charge is 0.330 e. The number of carbonyl (C=O) groups is 2. The predicted molar refractivity (Wildman–Crippen MR) is 145 cm³/mol. The first-order chi connectivity index (χ1) is 18.4. The number of carbonyl (C=O) groups excluding carboxylic acids is 2. The molecule has 38 heavy (non-hydrogen) atoms. The van der Waals surface area contributed by atoms with Crippen LogP contribution in [0.25, 0.3) is 0 Å². The average Bonchev–Trinajstić information content (AvgIpc) is 2.94. The zero-order chi connectivity index (χ0) is 27.1. The van der Waals surface area contributed by atoms with Crippen molar-refractivity contribution in [1.82, 2.24) is 10.2 Å². The van der Waals surface area contributed by atoms with Gasteiger partial charge in [0.05, 0.1) is 13.0 Å². The van der Waals surface area contributed by atoms with Crippen LogP contribution in [0.1, 0.15) is 48.1 Å². The maximum Gasteiger partial charge on any atom is 0.330 e. The summed E-state index contributed by atoms with van der Waals surface area (Å²) in [5.74, 6) is -0.590. The van der Waals surface area contributed by atoms with Crippen LogP contribution < -0.4 is 10.1 Å². The van der Waals surface area contributed by atoms with E-state index in [0.717, 1.165) is 24.0 Å². The first-order valence-electron chi connectivity index (χ1n) is 13.0. The molecule has 1 fully saturated rings. The monoisotopic (exact) mass is 516 g/mol. The molecule has 2 N–H and O–H groups in total. The van der Waals surface area contributed by atoms with E-state index in [1.807, 2.05) is 56.3 Å². The Morgan fingerprint density at radius 3 is 2.32 bits per heavy atom. The SMILES string of the molecule is COc1ccc(COC(=O)C2C(CCCc3ccc(C)cc3)C(=O)N2C(O)NC(C)c2ccccc2)cc1. The van der Waals surface area contributed by atoms with E-state index in [2.05, 4.69) is 29.6 Å². The standard InChI is InChI=1S/C31H36N2O5/c1-21-12-14-23(15-13-21)8-7-11-27-28(30(35)38-20-24-16-18-26(37-3)19-17-24)33(29(27)34)31(36)32-22(2)25-9-5-4-6-10-25/h4-6,9-10,12-19,22,27-28,31-32,36H,7-8,11,20H2,1-3H3. The van der Waals surface area contributed by atoms with Crippen molar-refractivity contribution in [2.75, 3.05) is 7.11 Å². The minimum Gasteiger partial charge on any atom is -0.497 e. The van der Waals surface area contributed by atoms with Gasteiger partial charge in [-0.1, -0.05) is 72.3 Å². The summed E-state index contributed by atoms with van der Waals surface area (Å²) >= 11 is 0. The molecule has 7 nitrogen and oxygen atoms in total. The van der Waals surface area contributed by atoms with Crippen molar-refractivity contribution in [1.29, 1.82) is 0 Å². The third kappa shape index (κ3) is 6.60. The topological polar surface area (TPSA) is 88.1 Å². The summed E-state index contributed by atoms with van der Waals surface area (Å²) in [6.45, 7) is 4.02. The lowest BCUT2D eigenvalue weighted by Gasteiger charge is -2.48. The molecule has 7 heteroatoms. The van der Waals surface area contributed by atoms with E-state index in [1.54, 1.807) is 19.2 Å². The molecular weight excluding hydrogens is 480 g/mol. The van der Waals surface area contributed by atoms with Crippen LogP contribution in [0.5, 0.6) is 5.75 Å². The number of methoxy groups -OCH3 is 1. The molecule has 0 bridgehead atoms. The van der Waals surface area contributed by atoms with Crippen molar-refractivity contribution < 1.29 is 24.2 Å². The number of nitrogens with one attached hydrogen (secondary N) is 1. The first kappa shape index (κ1) is 27.4. The van der Waals surface area contributed by atoms with Crippen molar-refractivity contribution in [3.63, 3.8) is 0 Å². The predicted octanol–water partition coefficient (Wildman–Crippen LogP) is 4.52. The number of aliphatic hydroxyl groups excluding tert-OH is 1. The summed E-state index contributed by atoms with van der Waals surface area (Å²) in [7, 11) is 1.59. The number of hydrogen-bond acceptors (Lipinski definition) is 6. The van der Waals surface area contributed by atoms with E-state index in [0.29, 0.717) is 12.2 Å². The molecule has 1 amide bonds. The molecule has 1 heterocycles. The summed E-state index contributed by atoms with van der Waals surface area (Å²) in [6, 6.07) is 24.1. The molecule has 1 aliphatic rings. The third-order valence-corrected chi connectivity index (χ3v) is 7.10. The van der Waals surface area contributed by atoms with Crippen molar-refractivity contribution in [2.24, 2.45) is 5.92 Å². The number of aryl methyl sites for hydroxylation is 2. The zero-order valence-corrected chi connectivity index (χ0v) is 22.2. The molecule has 4 atom stereocenters. The van der Waals surface area contributed by atoms with Gasteiger partial charge in [-0.3, -0.25) is 15.0 Å². The van der Waals surface area contributed by atoms with Crippen molar-refractivity contribution >= 4 is 11.9 Å². The third-order valence-electron chi connectivity index (χ3n) is 7.10. The van der Waals surface area contributed by atoms with Gasteiger partial charge in [0, 0.05) is 6.04 Å². The molecular formula is C31H36N2O5. The average molecular weight is 517 g/mol. The van der Waals surface area contributed by atoms with Gasteiger partial charge in [-0.2, -0.15) is 0 Å². The highest BCUT2D eigenvalue weighted by atomic mass is 16.5. The van der Waals surface area contributed by atoms with Crippen LogP contribution in [0.3, 0.4) is 0 Å². The Balaban J connectivity index is 1.42. The van der Waals surface area contributed by atoms with Crippen molar-refractivity contribution in [3.05, 3.63) is 101 Å². The Hall–Kier alpha value is -3.68.